The molecule has 0 aliphatic carbocycles. The average Bonchev–Trinajstić information content (AvgIpc) is 2.33. The van der Waals surface area contributed by atoms with Gasteiger partial charge in [0.15, 0.2) is 0 Å². The zero-order valence-electron chi connectivity index (χ0n) is 10.8. The lowest BCUT2D eigenvalue weighted by Gasteiger charge is -2.08. The minimum Gasteiger partial charge on any atom is -0.493 e. The first-order valence-electron chi connectivity index (χ1n) is 6.11. The number of hydrogen-bond acceptors (Lipinski definition) is 3. The predicted molar refractivity (Wildman–Crippen MR) is 78.4 cm³/mol. The molecule has 0 atom stereocenters. The van der Waals surface area contributed by atoms with E-state index in [2.05, 4.69) is 25.9 Å². The van der Waals surface area contributed by atoms with Gasteiger partial charge in [0, 0.05) is 10.0 Å². The maximum Gasteiger partial charge on any atom is 0.258 e. The maximum atomic E-state index is 11.9. The number of nitrogens with zero attached hydrogens (tertiary/aromatic N) is 1. The second-order valence-electron chi connectivity index (χ2n) is 4.43. The van der Waals surface area contributed by atoms with Crippen molar-refractivity contribution in [1.82, 2.24) is 9.97 Å². The van der Waals surface area contributed by atoms with E-state index >= 15 is 0 Å². The van der Waals surface area contributed by atoms with Crippen LogP contribution in [0.3, 0.4) is 0 Å². The lowest BCUT2D eigenvalue weighted by molar-refractivity contribution is 0.443. The minimum absolute atomic E-state index is 0.178. The summed E-state index contributed by atoms with van der Waals surface area (Å²) in [7, 11) is 0. The molecule has 4 nitrogen and oxygen atoms in total. The molecule has 1 heterocycles. The van der Waals surface area contributed by atoms with Crippen LogP contribution < -0.4 is 5.56 Å². The number of H-pyrrole nitrogens is 1. The van der Waals surface area contributed by atoms with Crippen LogP contribution in [0.2, 0.25) is 0 Å². The van der Waals surface area contributed by atoms with Gasteiger partial charge in [-0.25, -0.2) is 0 Å². The van der Waals surface area contributed by atoms with Crippen molar-refractivity contribution in [2.45, 2.75) is 26.7 Å². The Kier molecular flexibility index (Phi) is 4.04. The van der Waals surface area contributed by atoms with Crippen molar-refractivity contribution in [2.24, 2.45) is 0 Å². The van der Waals surface area contributed by atoms with Gasteiger partial charge in [-0.15, -0.1) is 0 Å². The molecule has 1 aromatic heterocycles. The van der Waals surface area contributed by atoms with Gasteiger partial charge in [0.2, 0.25) is 5.88 Å². The molecule has 0 saturated carbocycles. The van der Waals surface area contributed by atoms with Crippen LogP contribution in [-0.4, -0.2) is 15.1 Å². The summed E-state index contributed by atoms with van der Waals surface area (Å²) < 4.78 is 0.961. The van der Waals surface area contributed by atoms with Crippen LogP contribution in [0.4, 0.5) is 0 Å². The Hall–Kier alpha value is -1.62. The van der Waals surface area contributed by atoms with E-state index in [-0.39, 0.29) is 11.4 Å². The van der Waals surface area contributed by atoms with E-state index in [4.69, 9.17) is 0 Å². The number of aryl methyl sites for hydroxylation is 1. The number of aromatic hydroxyl groups is 1. The van der Waals surface area contributed by atoms with E-state index in [1.807, 2.05) is 32.0 Å². The van der Waals surface area contributed by atoms with Crippen molar-refractivity contribution in [3.05, 3.63) is 44.2 Å². The third-order valence-corrected chi connectivity index (χ3v) is 3.43. The van der Waals surface area contributed by atoms with Gasteiger partial charge >= 0.3 is 0 Å². The topological polar surface area (TPSA) is 66.0 Å². The fourth-order valence-electron chi connectivity index (χ4n) is 1.98. The molecule has 0 saturated heterocycles. The largest absolute Gasteiger partial charge is 0.493 e. The van der Waals surface area contributed by atoms with Gasteiger partial charge in [-0.2, -0.15) is 4.98 Å². The first kappa shape index (κ1) is 13.8. The fourth-order valence-corrected chi connectivity index (χ4v) is 2.46. The number of nitrogens with one attached hydrogen (secondary N) is 1. The Labute approximate surface area is 119 Å². The average molecular weight is 323 g/mol. The molecule has 0 radical (unpaired) electrons. The summed E-state index contributed by atoms with van der Waals surface area (Å²) in [5.74, 6) is 0.218. The van der Waals surface area contributed by atoms with E-state index in [1.54, 1.807) is 0 Å². The molecule has 0 unspecified atom stereocenters. The molecule has 0 spiro atoms. The van der Waals surface area contributed by atoms with E-state index in [0.29, 0.717) is 17.8 Å². The summed E-state index contributed by atoms with van der Waals surface area (Å²) in [5.41, 5.74) is 1.85. The van der Waals surface area contributed by atoms with Gasteiger partial charge in [-0.1, -0.05) is 29.3 Å². The highest BCUT2D eigenvalue weighted by molar-refractivity contribution is 9.10. The van der Waals surface area contributed by atoms with Crippen molar-refractivity contribution in [3.8, 4) is 17.3 Å². The molecule has 19 heavy (non-hydrogen) atoms. The Morgan fingerprint density at radius 1 is 1.42 bits per heavy atom. The lowest BCUT2D eigenvalue weighted by Crippen LogP contribution is -2.15. The Balaban J connectivity index is 2.55. The number of aromatic nitrogens is 2. The van der Waals surface area contributed by atoms with E-state index in [9.17, 15) is 9.90 Å². The van der Waals surface area contributed by atoms with Gasteiger partial charge in [-0.05, 0) is 37.1 Å². The highest BCUT2D eigenvalue weighted by Crippen LogP contribution is 2.24. The van der Waals surface area contributed by atoms with E-state index < -0.39 is 0 Å². The summed E-state index contributed by atoms with van der Waals surface area (Å²) in [5, 5.41) is 9.87. The van der Waals surface area contributed by atoms with Gasteiger partial charge in [0.1, 0.15) is 5.82 Å². The molecule has 0 bridgehead atoms. The fraction of sp³-hybridized carbons (Fsp3) is 0.286. The maximum absolute atomic E-state index is 11.9. The summed E-state index contributed by atoms with van der Waals surface area (Å²) in [4.78, 5) is 18.8. The summed E-state index contributed by atoms with van der Waals surface area (Å²) in [6.45, 7) is 3.88. The van der Waals surface area contributed by atoms with Crippen molar-refractivity contribution in [3.63, 3.8) is 0 Å². The second-order valence-corrected chi connectivity index (χ2v) is 5.34. The molecular formula is C14H15BrN2O2. The van der Waals surface area contributed by atoms with Crippen LogP contribution in [-0.2, 0) is 6.42 Å². The standard InChI is InChI=1S/C14H15BrN2O2/c1-3-4-11-13(18)16-12(17-14(11)19)10-6-5-9(15)7-8(10)2/h5-7H,3-4H2,1-2H3,(H2,16,17,18,19). The highest BCUT2D eigenvalue weighted by Gasteiger charge is 2.12. The van der Waals surface area contributed by atoms with E-state index in [0.717, 1.165) is 22.0 Å². The molecule has 2 aromatic rings. The molecule has 2 rings (SSSR count). The predicted octanol–water partition coefficient (Wildman–Crippen LogP) is 3.17. The van der Waals surface area contributed by atoms with Gasteiger partial charge in [-0.3, -0.25) is 4.79 Å². The molecule has 2 N–H and O–H groups in total. The summed E-state index contributed by atoms with van der Waals surface area (Å²) in [6, 6.07) is 5.67. The third-order valence-electron chi connectivity index (χ3n) is 2.94. The molecular weight excluding hydrogens is 308 g/mol. The van der Waals surface area contributed by atoms with Gasteiger partial charge in [0.25, 0.3) is 5.56 Å². The molecule has 1 aromatic carbocycles. The molecule has 100 valence electrons. The molecule has 5 heteroatoms. The SMILES string of the molecule is CCCc1c(O)nc(-c2ccc(Br)cc2C)[nH]c1=O. The molecule has 0 aliphatic heterocycles. The lowest BCUT2D eigenvalue weighted by atomic mass is 10.1. The molecule has 0 aliphatic rings. The number of rotatable bonds is 3. The van der Waals surface area contributed by atoms with E-state index in [1.165, 1.54) is 0 Å². The van der Waals surface area contributed by atoms with Crippen molar-refractivity contribution >= 4 is 15.9 Å². The summed E-state index contributed by atoms with van der Waals surface area (Å²) >= 11 is 3.39. The Bertz CT molecular complexity index is 665. The molecule has 0 amide bonds. The quantitative estimate of drug-likeness (QED) is 0.912. The first-order chi connectivity index (χ1) is 9.02. The second kappa shape index (κ2) is 5.57. The van der Waals surface area contributed by atoms with Crippen molar-refractivity contribution < 1.29 is 5.11 Å². The Morgan fingerprint density at radius 3 is 2.74 bits per heavy atom. The normalized spacial score (nSPS) is 10.7. The van der Waals surface area contributed by atoms with Crippen LogP contribution in [0.1, 0.15) is 24.5 Å². The number of benzene rings is 1. The zero-order chi connectivity index (χ0) is 14.0. The summed E-state index contributed by atoms with van der Waals surface area (Å²) in [6.07, 6.45) is 1.31. The number of aromatic amines is 1. The van der Waals surface area contributed by atoms with Crippen molar-refractivity contribution in [2.75, 3.05) is 0 Å². The molecule has 0 fully saturated rings. The third kappa shape index (κ3) is 2.87. The van der Waals surface area contributed by atoms with Crippen molar-refractivity contribution in [1.29, 1.82) is 0 Å². The van der Waals surface area contributed by atoms with Gasteiger partial charge < -0.3 is 10.1 Å². The van der Waals surface area contributed by atoms with Crippen LogP contribution >= 0.6 is 15.9 Å². The van der Waals surface area contributed by atoms with Gasteiger partial charge in [0.05, 0.1) is 5.56 Å². The van der Waals surface area contributed by atoms with Crippen LogP contribution in [0.25, 0.3) is 11.4 Å². The monoisotopic (exact) mass is 322 g/mol. The number of hydrogen-bond donors (Lipinski definition) is 2. The minimum atomic E-state index is -0.272. The zero-order valence-corrected chi connectivity index (χ0v) is 12.4. The van der Waals surface area contributed by atoms with Crippen LogP contribution in [0.5, 0.6) is 5.88 Å². The first-order valence-corrected chi connectivity index (χ1v) is 6.91. The van der Waals surface area contributed by atoms with Crippen LogP contribution in [0, 0.1) is 6.92 Å². The smallest absolute Gasteiger partial charge is 0.258 e. The highest BCUT2D eigenvalue weighted by atomic mass is 79.9. The Morgan fingerprint density at radius 2 is 2.16 bits per heavy atom. The number of halogens is 1. The van der Waals surface area contributed by atoms with Crippen LogP contribution in [0.15, 0.2) is 27.5 Å².